The molecule has 164 valence electrons. The van der Waals surface area contributed by atoms with Gasteiger partial charge in [0.05, 0.1) is 0 Å². The standard InChI is InChI=1S/C10H16NO4.3C4H9.Sn/c1-10(2,3)15-9(13)11-7-5-6-8(12)14-4;3*1-3-4-2;/h6H,7H2,1-4H3,(H,11,13);3*1,3-4H2,2H3;. The van der Waals surface area contributed by atoms with Gasteiger partial charge in [-0.15, -0.1) is 0 Å². The zero-order valence-corrected chi connectivity index (χ0v) is 22.1. The summed E-state index contributed by atoms with van der Waals surface area (Å²) >= 11 is -2.83. The Labute approximate surface area is 176 Å². The quantitative estimate of drug-likeness (QED) is 0.190. The summed E-state index contributed by atoms with van der Waals surface area (Å²) < 4.78 is 15.2. The predicted octanol–water partition coefficient (Wildman–Crippen LogP) is 6.00. The normalized spacial score (nSPS) is 12.6. The number of unbranched alkanes of at least 4 members (excludes halogenated alkanes) is 3. The summed E-state index contributed by atoms with van der Waals surface area (Å²) in [6.07, 6.45) is 8.29. The van der Waals surface area contributed by atoms with E-state index in [1.807, 2.05) is 20.8 Å². The SMILES string of the molecule is CCC[CH2][Sn]([CH2]CCC)([CH2]CCC)/[C](=C/C(=O)OC)CNC(=O)OC(C)(C)C. The molecule has 0 spiro atoms. The van der Waals surface area contributed by atoms with E-state index in [2.05, 4.69) is 26.1 Å². The summed E-state index contributed by atoms with van der Waals surface area (Å²) in [4.78, 5) is 24.4. The van der Waals surface area contributed by atoms with Crippen molar-refractivity contribution >= 4 is 30.4 Å². The van der Waals surface area contributed by atoms with Crippen LogP contribution in [0.1, 0.15) is 80.1 Å². The van der Waals surface area contributed by atoms with Crippen LogP contribution in [0.5, 0.6) is 0 Å². The van der Waals surface area contributed by atoms with Gasteiger partial charge in [0, 0.05) is 0 Å². The number of hydrogen-bond acceptors (Lipinski definition) is 4. The number of hydrogen-bond donors (Lipinski definition) is 1. The molecule has 0 radical (unpaired) electrons. The third-order valence-electron chi connectivity index (χ3n) is 5.02. The Hall–Kier alpha value is -0.721. The van der Waals surface area contributed by atoms with Crippen LogP contribution in [0.3, 0.4) is 0 Å². The minimum absolute atomic E-state index is 0.313. The summed E-state index contributed by atoms with van der Waals surface area (Å²) in [6.45, 7) is 12.6. The zero-order chi connectivity index (χ0) is 21.6. The summed E-state index contributed by atoms with van der Waals surface area (Å²) in [5.41, 5.74) is -0.538. The first kappa shape index (κ1) is 27.3. The van der Waals surface area contributed by atoms with E-state index in [0.717, 1.165) is 19.3 Å². The van der Waals surface area contributed by atoms with E-state index in [4.69, 9.17) is 9.47 Å². The predicted molar refractivity (Wildman–Crippen MR) is 119 cm³/mol. The second-order valence-corrected chi connectivity index (χ2v) is 22.1. The number of rotatable bonds is 13. The molecule has 6 heteroatoms. The van der Waals surface area contributed by atoms with Gasteiger partial charge in [0.25, 0.3) is 0 Å². The Morgan fingerprint density at radius 1 is 0.929 bits per heavy atom. The van der Waals surface area contributed by atoms with Gasteiger partial charge in [0.15, 0.2) is 0 Å². The first-order chi connectivity index (χ1) is 13.1. The number of alkyl carbamates (subject to hydrolysis) is 1. The van der Waals surface area contributed by atoms with Gasteiger partial charge < -0.3 is 0 Å². The Bertz CT molecular complexity index is 475. The van der Waals surface area contributed by atoms with E-state index < -0.39 is 30.1 Å². The van der Waals surface area contributed by atoms with Crippen molar-refractivity contribution in [3.8, 4) is 0 Å². The molecule has 0 saturated carbocycles. The van der Waals surface area contributed by atoms with Crippen LogP contribution in [-0.4, -0.2) is 49.7 Å². The van der Waals surface area contributed by atoms with Crippen LogP contribution < -0.4 is 5.32 Å². The topological polar surface area (TPSA) is 64.6 Å². The van der Waals surface area contributed by atoms with E-state index in [1.165, 1.54) is 43.3 Å². The van der Waals surface area contributed by atoms with Crippen molar-refractivity contribution < 1.29 is 19.1 Å². The molecule has 28 heavy (non-hydrogen) atoms. The van der Waals surface area contributed by atoms with E-state index in [0.29, 0.717) is 6.54 Å². The Kier molecular flexibility index (Phi) is 13.9. The Morgan fingerprint density at radius 3 is 1.75 bits per heavy atom. The van der Waals surface area contributed by atoms with Gasteiger partial charge in [-0.1, -0.05) is 0 Å². The van der Waals surface area contributed by atoms with E-state index in [1.54, 1.807) is 6.08 Å². The summed E-state index contributed by atoms with van der Waals surface area (Å²) in [5, 5.41) is 2.92. The van der Waals surface area contributed by atoms with Gasteiger partial charge in [0.1, 0.15) is 0 Å². The summed E-state index contributed by atoms with van der Waals surface area (Å²) in [6, 6.07) is 0. The number of carbonyl (C=O) groups is 2. The minimum atomic E-state index is -2.83. The third-order valence-corrected chi connectivity index (χ3v) is 21.1. The number of carbonyl (C=O) groups excluding carboxylic acids is 2. The molecule has 5 nitrogen and oxygen atoms in total. The number of ether oxygens (including phenoxy) is 2. The second kappa shape index (κ2) is 14.3. The molecular formula is C22H43NO4Sn. The van der Waals surface area contributed by atoms with E-state index in [9.17, 15) is 9.59 Å². The fourth-order valence-electron chi connectivity index (χ4n) is 3.48. The molecule has 0 aromatic carbocycles. The van der Waals surface area contributed by atoms with Crippen LogP contribution in [0.15, 0.2) is 9.67 Å². The number of esters is 1. The van der Waals surface area contributed by atoms with Gasteiger partial charge in [-0.2, -0.15) is 0 Å². The monoisotopic (exact) mass is 505 g/mol. The van der Waals surface area contributed by atoms with E-state index >= 15 is 0 Å². The van der Waals surface area contributed by atoms with Crippen LogP contribution in [0, 0.1) is 0 Å². The van der Waals surface area contributed by atoms with Gasteiger partial charge in [-0.25, -0.2) is 0 Å². The average molecular weight is 504 g/mol. The summed E-state index contributed by atoms with van der Waals surface area (Å²) in [5.74, 6) is -0.313. The molecule has 0 aromatic heterocycles. The molecular weight excluding hydrogens is 461 g/mol. The van der Waals surface area contributed by atoms with Crippen LogP contribution in [0.4, 0.5) is 4.79 Å². The maximum absolute atomic E-state index is 12.2. The van der Waals surface area contributed by atoms with Crippen molar-refractivity contribution in [2.75, 3.05) is 13.7 Å². The Morgan fingerprint density at radius 2 is 1.39 bits per heavy atom. The molecule has 0 aliphatic heterocycles. The fraction of sp³-hybridized carbons (Fsp3) is 0.818. The van der Waals surface area contributed by atoms with Crippen LogP contribution in [-0.2, 0) is 14.3 Å². The molecule has 1 N–H and O–H groups in total. The molecule has 0 atom stereocenters. The zero-order valence-electron chi connectivity index (χ0n) is 19.3. The number of nitrogens with one attached hydrogen (secondary N) is 1. The first-order valence-corrected chi connectivity index (χ1v) is 18.4. The Balaban J connectivity index is 5.75. The van der Waals surface area contributed by atoms with Crippen molar-refractivity contribution in [2.45, 2.75) is 99.0 Å². The third kappa shape index (κ3) is 11.3. The van der Waals surface area contributed by atoms with Crippen molar-refractivity contribution in [1.82, 2.24) is 5.32 Å². The van der Waals surface area contributed by atoms with Crippen molar-refractivity contribution in [1.29, 1.82) is 0 Å². The van der Waals surface area contributed by atoms with Crippen molar-refractivity contribution in [2.24, 2.45) is 0 Å². The summed E-state index contributed by atoms with van der Waals surface area (Å²) in [7, 11) is 1.42. The second-order valence-electron chi connectivity index (χ2n) is 8.64. The van der Waals surface area contributed by atoms with Gasteiger partial charge in [-0.3, -0.25) is 0 Å². The molecule has 0 fully saturated rings. The average Bonchev–Trinajstić information content (AvgIpc) is 2.63. The van der Waals surface area contributed by atoms with Gasteiger partial charge in [-0.05, 0) is 0 Å². The van der Waals surface area contributed by atoms with Crippen LogP contribution in [0.2, 0.25) is 13.3 Å². The molecule has 0 unspecified atom stereocenters. The van der Waals surface area contributed by atoms with Gasteiger partial charge >= 0.3 is 177 Å². The molecule has 0 aliphatic rings. The molecule has 0 heterocycles. The van der Waals surface area contributed by atoms with Gasteiger partial charge in [0.2, 0.25) is 0 Å². The first-order valence-electron chi connectivity index (χ1n) is 10.9. The van der Waals surface area contributed by atoms with Crippen molar-refractivity contribution in [3.05, 3.63) is 9.67 Å². The molecule has 0 rings (SSSR count). The molecule has 1 amide bonds. The van der Waals surface area contributed by atoms with Crippen LogP contribution in [0.25, 0.3) is 0 Å². The number of methoxy groups -OCH3 is 1. The maximum atomic E-state index is 12.2. The fourth-order valence-corrected chi connectivity index (χ4v) is 19.7. The molecule has 0 saturated heterocycles. The molecule has 0 aromatic rings. The van der Waals surface area contributed by atoms with Crippen LogP contribution >= 0.6 is 0 Å². The molecule has 0 aliphatic carbocycles. The number of amides is 1. The molecule has 0 bridgehead atoms. The van der Waals surface area contributed by atoms with E-state index in [-0.39, 0.29) is 5.97 Å². The van der Waals surface area contributed by atoms with Crippen molar-refractivity contribution in [3.63, 3.8) is 0 Å².